The molecule has 0 radical (unpaired) electrons. The number of aromatic carboxylic acids is 1. The largest absolute Gasteiger partial charge is 0.482 e. The Hall–Kier alpha value is -1.93. The SMILES string of the molecule is Cc1csc(NC(=O)COc2cc(C)sc2C(=O)O)n1. The van der Waals surface area contributed by atoms with E-state index in [1.807, 2.05) is 12.3 Å². The molecule has 0 unspecified atom stereocenters. The molecule has 6 nitrogen and oxygen atoms in total. The van der Waals surface area contributed by atoms with Crippen molar-refractivity contribution in [2.24, 2.45) is 0 Å². The van der Waals surface area contributed by atoms with Gasteiger partial charge in [0.2, 0.25) is 0 Å². The van der Waals surface area contributed by atoms with Crippen molar-refractivity contribution in [1.82, 2.24) is 4.98 Å². The van der Waals surface area contributed by atoms with E-state index < -0.39 is 5.97 Å². The Kier molecular flexibility index (Phi) is 4.35. The second-order valence-electron chi connectivity index (χ2n) is 3.99. The summed E-state index contributed by atoms with van der Waals surface area (Å²) in [6.45, 7) is 3.35. The predicted molar refractivity (Wildman–Crippen MR) is 77.0 cm³/mol. The summed E-state index contributed by atoms with van der Waals surface area (Å²) in [5, 5.41) is 13.9. The fourth-order valence-electron chi connectivity index (χ4n) is 1.46. The monoisotopic (exact) mass is 312 g/mol. The first-order valence-corrected chi connectivity index (χ1v) is 7.34. The normalized spacial score (nSPS) is 10.3. The van der Waals surface area contributed by atoms with Gasteiger partial charge in [0.05, 0.1) is 5.69 Å². The van der Waals surface area contributed by atoms with Crippen LogP contribution in [0.1, 0.15) is 20.2 Å². The van der Waals surface area contributed by atoms with Gasteiger partial charge in [-0.1, -0.05) is 0 Å². The van der Waals surface area contributed by atoms with Gasteiger partial charge in [-0.05, 0) is 19.9 Å². The van der Waals surface area contributed by atoms with Crippen molar-refractivity contribution in [3.8, 4) is 5.75 Å². The fraction of sp³-hybridized carbons (Fsp3) is 0.250. The Bertz CT molecular complexity index is 648. The molecule has 0 saturated carbocycles. The lowest BCUT2D eigenvalue weighted by molar-refractivity contribution is -0.118. The zero-order valence-corrected chi connectivity index (χ0v) is 12.4. The molecule has 2 aromatic heterocycles. The van der Waals surface area contributed by atoms with E-state index in [9.17, 15) is 9.59 Å². The van der Waals surface area contributed by atoms with Gasteiger partial charge in [-0.2, -0.15) is 0 Å². The molecule has 0 saturated heterocycles. The highest BCUT2D eigenvalue weighted by molar-refractivity contribution is 7.14. The van der Waals surface area contributed by atoms with Gasteiger partial charge in [0.15, 0.2) is 16.6 Å². The summed E-state index contributed by atoms with van der Waals surface area (Å²) in [5.41, 5.74) is 0.827. The topological polar surface area (TPSA) is 88.5 Å². The number of nitrogens with one attached hydrogen (secondary N) is 1. The summed E-state index contributed by atoms with van der Waals surface area (Å²) >= 11 is 2.44. The molecule has 2 N–H and O–H groups in total. The summed E-state index contributed by atoms with van der Waals surface area (Å²) in [4.78, 5) is 27.7. The third-order valence-electron chi connectivity index (χ3n) is 2.24. The second kappa shape index (κ2) is 6.02. The van der Waals surface area contributed by atoms with Crippen molar-refractivity contribution in [3.05, 3.63) is 26.9 Å². The quantitative estimate of drug-likeness (QED) is 0.885. The maximum Gasteiger partial charge on any atom is 0.349 e. The molecule has 0 atom stereocenters. The number of carboxylic acids is 1. The van der Waals surface area contributed by atoms with Crippen LogP contribution in [-0.2, 0) is 4.79 Å². The number of ether oxygens (including phenoxy) is 1. The number of thiazole rings is 1. The summed E-state index contributed by atoms with van der Waals surface area (Å²) in [7, 11) is 0. The minimum Gasteiger partial charge on any atom is -0.482 e. The molecular formula is C12H12N2O4S2. The van der Waals surface area contributed by atoms with Crippen LogP contribution in [0, 0.1) is 13.8 Å². The van der Waals surface area contributed by atoms with E-state index in [-0.39, 0.29) is 23.1 Å². The molecule has 2 heterocycles. The van der Waals surface area contributed by atoms with Gasteiger partial charge in [-0.25, -0.2) is 9.78 Å². The molecule has 0 aliphatic rings. The molecule has 0 aromatic carbocycles. The van der Waals surface area contributed by atoms with Crippen LogP contribution in [0.3, 0.4) is 0 Å². The zero-order valence-electron chi connectivity index (χ0n) is 10.8. The minimum atomic E-state index is -1.06. The van der Waals surface area contributed by atoms with Crippen LogP contribution < -0.4 is 10.1 Å². The number of aryl methyl sites for hydroxylation is 2. The van der Waals surface area contributed by atoms with Gasteiger partial charge < -0.3 is 9.84 Å². The molecule has 0 aliphatic heterocycles. The zero-order chi connectivity index (χ0) is 14.7. The number of hydrogen-bond donors (Lipinski definition) is 2. The van der Waals surface area contributed by atoms with Gasteiger partial charge in [-0.15, -0.1) is 22.7 Å². The first-order chi connectivity index (χ1) is 9.45. The van der Waals surface area contributed by atoms with Gasteiger partial charge in [0, 0.05) is 10.3 Å². The molecule has 1 amide bonds. The van der Waals surface area contributed by atoms with Crippen molar-refractivity contribution in [3.63, 3.8) is 0 Å². The molecule has 0 spiro atoms. The van der Waals surface area contributed by atoms with E-state index in [1.165, 1.54) is 11.3 Å². The van der Waals surface area contributed by atoms with Gasteiger partial charge >= 0.3 is 5.97 Å². The van der Waals surface area contributed by atoms with E-state index in [4.69, 9.17) is 9.84 Å². The summed E-state index contributed by atoms with van der Waals surface area (Å²) < 4.78 is 5.25. The number of aromatic nitrogens is 1. The Morgan fingerprint density at radius 2 is 2.20 bits per heavy atom. The lowest BCUT2D eigenvalue weighted by Crippen LogP contribution is -2.20. The van der Waals surface area contributed by atoms with Crippen LogP contribution in [0.25, 0.3) is 0 Å². The smallest absolute Gasteiger partial charge is 0.349 e. The number of hydrogen-bond acceptors (Lipinski definition) is 6. The van der Waals surface area contributed by atoms with Crippen molar-refractivity contribution in [2.75, 3.05) is 11.9 Å². The maximum atomic E-state index is 11.7. The van der Waals surface area contributed by atoms with E-state index in [1.54, 1.807) is 13.0 Å². The average molecular weight is 312 g/mol. The Morgan fingerprint density at radius 3 is 2.80 bits per heavy atom. The molecule has 8 heteroatoms. The van der Waals surface area contributed by atoms with E-state index in [0.29, 0.717) is 5.13 Å². The van der Waals surface area contributed by atoms with Crippen molar-refractivity contribution in [2.45, 2.75) is 13.8 Å². The first kappa shape index (κ1) is 14.5. The number of rotatable bonds is 5. The van der Waals surface area contributed by atoms with Crippen LogP contribution in [0.4, 0.5) is 5.13 Å². The number of thiophene rings is 1. The lowest BCUT2D eigenvalue weighted by atomic mass is 10.4. The van der Waals surface area contributed by atoms with Gasteiger partial charge in [0.1, 0.15) is 5.75 Å². The predicted octanol–water partition coefficient (Wildman–Crippen LogP) is 2.54. The van der Waals surface area contributed by atoms with Crippen molar-refractivity contribution >= 4 is 39.7 Å². The molecule has 0 fully saturated rings. The summed E-state index contributed by atoms with van der Waals surface area (Å²) in [6.07, 6.45) is 0. The maximum absolute atomic E-state index is 11.7. The second-order valence-corrected chi connectivity index (χ2v) is 6.10. The number of carbonyl (C=O) groups excluding carboxylic acids is 1. The number of carboxylic acid groups (broad SMARTS) is 1. The standard InChI is InChI=1S/C12H12N2O4S2/c1-6-5-19-12(13-6)14-9(15)4-18-8-3-7(2)20-10(8)11(16)17/h3,5H,4H2,1-2H3,(H,16,17)(H,13,14,15). The number of amides is 1. The Labute approximate surface area is 123 Å². The van der Waals surface area contributed by atoms with Gasteiger partial charge in [0.25, 0.3) is 5.91 Å². The van der Waals surface area contributed by atoms with Crippen LogP contribution in [0.5, 0.6) is 5.75 Å². The van der Waals surface area contributed by atoms with E-state index >= 15 is 0 Å². The van der Waals surface area contributed by atoms with E-state index in [2.05, 4.69) is 10.3 Å². The molecule has 2 aromatic rings. The van der Waals surface area contributed by atoms with Crippen molar-refractivity contribution in [1.29, 1.82) is 0 Å². The fourth-order valence-corrected chi connectivity index (χ4v) is 2.96. The molecule has 20 heavy (non-hydrogen) atoms. The van der Waals surface area contributed by atoms with Crippen LogP contribution in [-0.4, -0.2) is 28.6 Å². The highest BCUT2D eigenvalue weighted by atomic mass is 32.1. The average Bonchev–Trinajstić information content (AvgIpc) is 2.93. The van der Waals surface area contributed by atoms with Crippen molar-refractivity contribution < 1.29 is 19.4 Å². The minimum absolute atomic E-state index is 0.0976. The molecule has 0 aliphatic carbocycles. The number of anilines is 1. The highest BCUT2D eigenvalue weighted by Crippen LogP contribution is 2.28. The first-order valence-electron chi connectivity index (χ1n) is 5.64. The van der Waals surface area contributed by atoms with Crippen LogP contribution >= 0.6 is 22.7 Å². The number of nitrogens with zero attached hydrogens (tertiary/aromatic N) is 1. The van der Waals surface area contributed by atoms with Crippen LogP contribution in [0.2, 0.25) is 0 Å². The van der Waals surface area contributed by atoms with E-state index in [0.717, 1.165) is 21.9 Å². The Balaban J connectivity index is 1.95. The molecular weight excluding hydrogens is 300 g/mol. The molecule has 106 valence electrons. The van der Waals surface area contributed by atoms with Crippen LogP contribution in [0.15, 0.2) is 11.4 Å². The molecule has 2 rings (SSSR count). The lowest BCUT2D eigenvalue weighted by Gasteiger charge is -2.04. The Morgan fingerprint density at radius 1 is 1.45 bits per heavy atom. The summed E-state index contributed by atoms with van der Waals surface area (Å²) in [5.74, 6) is -1.22. The number of carbonyl (C=O) groups is 2. The highest BCUT2D eigenvalue weighted by Gasteiger charge is 2.16. The molecule has 0 bridgehead atoms. The third-order valence-corrected chi connectivity index (χ3v) is 4.13. The van der Waals surface area contributed by atoms with Gasteiger partial charge in [-0.3, -0.25) is 10.1 Å². The summed E-state index contributed by atoms with van der Waals surface area (Å²) in [6, 6.07) is 1.61. The third kappa shape index (κ3) is 3.55.